The van der Waals surface area contributed by atoms with Crippen molar-refractivity contribution in [2.45, 2.75) is 91.0 Å². The molecule has 1 fully saturated rings. The van der Waals surface area contributed by atoms with Crippen molar-refractivity contribution in [2.75, 3.05) is 38.8 Å². The van der Waals surface area contributed by atoms with Crippen molar-refractivity contribution in [1.29, 1.82) is 0 Å². The minimum atomic E-state index is -1.13. The lowest BCUT2D eigenvalue weighted by Gasteiger charge is -2.34. The number of fused-ring (bicyclic) bond motifs is 1. The first-order valence-corrected chi connectivity index (χ1v) is 19.0. The molecule has 1 unspecified atom stereocenters. The number of carbonyl (C=O) groups is 1. The number of ether oxygens (including phenoxy) is 4. The van der Waals surface area contributed by atoms with Crippen LogP contribution in [0.2, 0.25) is 0 Å². The second-order valence-electron chi connectivity index (χ2n) is 15.0. The third kappa shape index (κ3) is 9.63. The fourth-order valence-electron chi connectivity index (χ4n) is 6.76. The van der Waals surface area contributed by atoms with Crippen LogP contribution >= 0.6 is 0 Å². The Morgan fingerprint density at radius 1 is 0.945 bits per heavy atom. The highest BCUT2D eigenvalue weighted by Crippen LogP contribution is 2.33. The number of aliphatic hydroxyl groups excluding tert-OH is 1. The molecule has 5 aromatic rings. The molecule has 1 N–H and O–H groups in total. The minimum Gasteiger partial charge on any atom is -0.497 e. The number of aromatic nitrogens is 5. The Morgan fingerprint density at radius 3 is 2.11 bits per heavy atom. The Hall–Kier alpha value is -5.43. The molecule has 4 heterocycles. The van der Waals surface area contributed by atoms with Crippen LogP contribution in [0.4, 0.5) is 10.6 Å². The van der Waals surface area contributed by atoms with Crippen LogP contribution in [0, 0.1) is 6.92 Å². The molecule has 2 aromatic carbocycles. The Bertz CT molecular complexity index is 1990. The smallest absolute Gasteiger partial charge is 0.410 e. The van der Waals surface area contributed by atoms with Gasteiger partial charge in [-0.3, -0.25) is 4.98 Å². The van der Waals surface area contributed by atoms with Gasteiger partial charge in [0.25, 0.3) is 0 Å². The van der Waals surface area contributed by atoms with E-state index in [9.17, 15) is 9.90 Å². The molecule has 13 nitrogen and oxygen atoms in total. The summed E-state index contributed by atoms with van der Waals surface area (Å²) < 4.78 is 24.1. The van der Waals surface area contributed by atoms with E-state index in [0.29, 0.717) is 55.6 Å². The maximum atomic E-state index is 12.6. The number of rotatable bonds is 14. The minimum absolute atomic E-state index is 0.189. The van der Waals surface area contributed by atoms with Crippen LogP contribution in [0.15, 0.2) is 67.0 Å². The number of hydrogen-bond donors (Lipinski definition) is 1. The van der Waals surface area contributed by atoms with Gasteiger partial charge in [-0.05, 0) is 105 Å². The van der Waals surface area contributed by atoms with Crippen LogP contribution < -0.4 is 19.1 Å². The average Bonchev–Trinajstić information content (AvgIpc) is 3.61. The van der Waals surface area contributed by atoms with Gasteiger partial charge in [-0.2, -0.15) is 4.98 Å². The number of nitrogens with zero attached hydrogens (tertiary/aromatic N) is 7. The van der Waals surface area contributed by atoms with Crippen molar-refractivity contribution >= 4 is 17.6 Å². The second kappa shape index (κ2) is 17.4. The van der Waals surface area contributed by atoms with Gasteiger partial charge in [-0.15, -0.1) is 5.10 Å². The molecule has 0 aliphatic carbocycles. The number of imidazole rings is 1. The van der Waals surface area contributed by atoms with Crippen molar-refractivity contribution in [3.05, 3.63) is 101 Å². The number of aliphatic hydroxyl groups is 1. The third-order valence-electron chi connectivity index (χ3n) is 9.76. The normalized spacial score (nSPS) is 14.1. The summed E-state index contributed by atoms with van der Waals surface area (Å²) in [6.45, 7) is 12.5. The van der Waals surface area contributed by atoms with Crippen LogP contribution in [0.5, 0.6) is 17.5 Å². The number of likely N-dealkylation sites (tertiary alicyclic amines) is 1. The molecular weight excluding hydrogens is 699 g/mol. The first kappa shape index (κ1) is 39.3. The second-order valence-corrected chi connectivity index (χ2v) is 15.0. The highest BCUT2D eigenvalue weighted by Gasteiger charge is 2.29. The van der Waals surface area contributed by atoms with Crippen LogP contribution in [0.25, 0.3) is 5.65 Å². The van der Waals surface area contributed by atoms with Gasteiger partial charge in [0.05, 0.1) is 38.4 Å². The topological polar surface area (TPSA) is 137 Å². The monoisotopic (exact) mass is 751 g/mol. The number of anilines is 1. The zero-order chi connectivity index (χ0) is 39.1. The molecule has 0 radical (unpaired) electrons. The van der Waals surface area contributed by atoms with Gasteiger partial charge >= 0.3 is 12.1 Å². The van der Waals surface area contributed by atoms with E-state index < -0.39 is 11.7 Å². The summed E-state index contributed by atoms with van der Waals surface area (Å²) in [5.41, 5.74) is 5.10. The molecule has 3 aromatic heterocycles. The van der Waals surface area contributed by atoms with Crippen LogP contribution in [-0.2, 0) is 17.8 Å². The van der Waals surface area contributed by atoms with E-state index in [4.69, 9.17) is 39.0 Å². The Kier molecular flexibility index (Phi) is 12.4. The summed E-state index contributed by atoms with van der Waals surface area (Å²) in [5, 5.41) is 16.6. The lowest BCUT2D eigenvalue weighted by molar-refractivity contribution is 0.0204. The molecular formula is C42H53N7O6. The van der Waals surface area contributed by atoms with E-state index in [1.165, 1.54) is 0 Å². The van der Waals surface area contributed by atoms with Crippen molar-refractivity contribution in [1.82, 2.24) is 29.5 Å². The number of carbonyl (C=O) groups excluding carboxylic acids is 1. The van der Waals surface area contributed by atoms with Crippen molar-refractivity contribution < 1.29 is 28.8 Å². The Balaban J connectivity index is 1.31. The van der Waals surface area contributed by atoms with Crippen LogP contribution in [-0.4, -0.2) is 80.2 Å². The zero-order valence-electron chi connectivity index (χ0n) is 33.0. The molecule has 6 rings (SSSR count). The first-order valence-electron chi connectivity index (χ1n) is 19.0. The van der Waals surface area contributed by atoms with Gasteiger partial charge in [0, 0.05) is 32.4 Å². The van der Waals surface area contributed by atoms with E-state index in [1.54, 1.807) is 29.8 Å². The quantitative estimate of drug-likeness (QED) is 0.114. The Morgan fingerprint density at radius 2 is 1.56 bits per heavy atom. The summed E-state index contributed by atoms with van der Waals surface area (Å²) in [5.74, 6) is 2.35. The fraction of sp³-hybridized carbons (Fsp3) is 0.452. The standard InChI is InChI=1S/C42H53N7O6/c1-8-9-22-54-40-45-39(48(26-29-10-14-32(52-6)15-11-29)27-30-12-16-33(53-7)17-13-30)38-44-25-36(49(38)46-40)37(50)35-23-28(2)34(24-43-35)31-18-20-47(21-19-31)41(51)55-42(3,4)5/h10-17,23-25,31,37,50H,8-9,18-22,26-27H2,1-7H3. The summed E-state index contributed by atoms with van der Waals surface area (Å²) in [6, 6.07) is 18.0. The predicted octanol–water partition coefficient (Wildman–Crippen LogP) is 7.43. The number of methoxy groups -OCH3 is 2. The largest absolute Gasteiger partial charge is 0.497 e. The van der Waals surface area contributed by atoms with E-state index in [0.717, 1.165) is 59.4 Å². The molecule has 0 saturated carbocycles. The first-order chi connectivity index (χ1) is 26.5. The molecule has 1 aliphatic heterocycles. The van der Waals surface area contributed by atoms with Gasteiger partial charge in [0.1, 0.15) is 23.2 Å². The zero-order valence-corrected chi connectivity index (χ0v) is 33.0. The molecule has 55 heavy (non-hydrogen) atoms. The number of benzene rings is 2. The highest BCUT2D eigenvalue weighted by atomic mass is 16.6. The summed E-state index contributed by atoms with van der Waals surface area (Å²) in [7, 11) is 3.30. The lowest BCUT2D eigenvalue weighted by Crippen LogP contribution is -2.41. The maximum Gasteiger partial charge on any atom is 0.410 e. The van der Waals surface area contributed by atoms with Gasteiger partial charge in [0.15, 0.2) is 11.5 Å². The number of pyridine rings is 1. The van der Waals surface area contributed by atoms with Crippen molar-refractivity contribution in [3.8, 4) is 17.5 Å². The molecule has 1 saturated heterocycles. The highest BCUT2D eigenvalue weighted by molar-refractivity contribution is 5.68. The SMILES string of the molecule is CCCCOc1nc(N(Cc2ccc(OC)cc2)Cc2ccc(OC)cc2)c2ncc(C(O)c3cc(C)c(C4CCN(C(=O)OC(C)(C)C)CC4)cn3)n2n1. The van der Waals surface area contributed by atoms with E-state index in [1.807, 2.05) is 88.5 Å². The number of amides is 1. The number of hydrogen-bond acceptors (Lipinski definition) is 11. The molecule has 1 amide bonds. The third-order valence-corrected chi connectivity index (χ3v) is 9.76. The van der Waals surface area contributed by atoms with E-state index >= 15 is 0 Å². The van der Waals surface area contributed by atoms with Gasteiger partial charge in [0.2, 0.25) is 0 Å². The average molecular weight is 752 g/mol. The Labute approximate surface area is 323 Å². The maximum absolute atomic E-state index is 12.6. The van der Waals surface area contributed by atoms with Gasteiger partial charge in [-0.1, -0.05) is 37.6 Å². The molecule has 0 bridgehead atoms. The van der Waals surface area contributed by atoms with Gasteiger partial charge < -0.3 is 33.9 Å². The van der Waals surface area contributed by atoms with Crippen molar-refractivity contribution in [3.63, 3.8) is 0 Å². The van der Waals surface area contributed by atoms with Crippen molar-refractivity contribution in [2.24, 2.45) is 0 Å². The fourth-order valence-corrected chi connectivity index (χ4v) is 6.76. The number of unbranched alkanes of at least 4 members (excludes halogenated alkanes) is 1. The van der Waals surface area contributed by atoms with Crippen LogP contribution in [0.1, 0.15) is 99.0 Å². The predicted molar refractivity (Wildman–Crippen MR) is 210 cm³/mol. The molecule has 1 atom stereocenters. The molecule has 13 heteroatoms. The molecule has 1 aliphatic rings. The summed E-state index contributed by atoms with van der Waals surface area (Å²) in [4.78, 5) is 31.0. The molecule has 292 valence electrons. The van der Waals surface area contributed by atoms with Crippen LogP contribution in [0.3, 0.4) is 0 Å². The van der Waals surface area contributed by atoms with Gasteiger partial charge in [-0.25, -0.2) is 14.3 Å². The summed E-state index contributed by atoms with van der Waals surface area (Å²) in [6.07, 6.45) is 5.49. The van der Waals surface area contributed by atoms with E-state index in [-0.39, 0.29) is 18.0 Å². The summed E-state index contributed by atoms with van der Waals surface area (Å²) >= 11 is 0. The van der Waals surface area contributed by atoms with E-state index in [2.05, 4.69) is 11.8 Å². The molecule has 0 spiro atoms. The lowest BCUT2D eigenvalue weighted by atomic mass is 9.87. The number of piperidine rings is 1. The number of aryl methyl sites for hydroxylation is 1.